The molecule has 0 spiro atoms. The zero-order valence-electron chi connectivity index (χ0n) is 9.16. The van der Waals surface area contributed by atoms with E-state index < -0.39 is 10.0 Å². The van der Waals surface area contributed by atoms with Gasteiger partial charge >= 0.3 is 0 Å². The molecule has 90 valence electrons. The van der Waals surface area contributed by atoms with Gasteiger partial charge in [-0.2, -0.15) is 0 Å². The van der Waals surface area contributed by atoms with Gasteiger partial charge in [-0.3, -0.25) is 0 Å². The Morgan fingerprint density at radius 1 is 1.47 bits per heavy atom. The maximum absolute atomic E-state index is 11.6. The van der Waals surface area contributed by atoms with E-state index in [1.165, 1.54) is 7.11 Å². The van der Waals surface area contributed by atoms with Crippen LogP contribution in [0.1, 0.15) is 19.3 Å². The van der Waals surface area contributed by atoms with Crippen molar-refractivity contribution in [1.82, 2.24) is 10.0 Å². The van der Waals surface area contributed by atoms with Crippen LogP contribution in [0.25, 0.3) is 0 Å². The fourth-order valence-corrected chi connectivity index (χ4v) is 2.84. The van der Waals surface area contributed by atoms with Gasteiger partial charge in [-0.15, -0.1) is 0 Å². The Kier molecular flexibility index (Phi) is 5.52. The highest BCUT2D eigenvalue weighted by molar-refractivity contribution is 7.89. The molecule has 0 aromatic rings. The number of nitrogens with one attached hydrogen (secondary N) is 2. The molecular formula is C9H20N2O3S. The summed E-state index contributed by atoms with van der Waals surface area (Å²) in [6.07, 6.45) is 3.11. The first-order valence-corrected chi connectivity index (χ1v) is 6.99. The smallest absolute Gasteiger partial charge is 0.214 e. The van der Waals surface area contributed by atoms with Gasteiger partial charge in [0.15, 0.2) is 0 Å². The van der Waals surface area contributed by atoms with Gasteiger partial charge in [-0.05, 0) is 19.4 Å². The molecule has 2 N–H and O–H groups in total. The summed E-state index contributed by atoms with van der Waals surface area (Å²) < 4.78 is 30.6. The zero-order valence-corrected chi connectivity index (χ0v) is 9.98. The van der Waals surface area contributed by atoms with Gasteiger partial charge in [-0.25, -0.2) is 13.1 Å². The first kappa shape index (κ1) is 12.9. The van der Waals surface area contributed by atoms with Crippen molar-refractivity contribution in [1.29, 1.82) is 0 Å². The fraction of sp³-hybridized carbons (Fsp3) is 1.00. The minimum Gasteiger partial charge on any atom is -0.384 e. The average Bonchev–Trinajstić information content (AvgIpc) is 2.43. The topological polar surface area (TPSA) is 67.4 Å². The van der Waals surface area contributed by atoms with E-state index >= 15 is 0 Å². The van der Waals surface area contributed by atoms with Gasteiger partial charge in [-0.1, -0.05) is 6.42 Å². The molecule has 1 fully saturated rings. The van der Waals surface area contributed by atoms with E-state index in [-0.39, 0.29) is 18.4 Å². The lowest BCUT2D eigenvalue weighted by Crippen LogP contribution is -2.42. The molecule has 0 aliphatic carbocycles. The highest BCUT2D eigenvalue weighted by Crippen LogP contribution is 2.05. The van der Waals surface area contributed by atoms with Crippen LogP contribution in [0.2, 0.25) is 0 Å². The molecule has 15 heavy (non-hydrogen) atoms. The van der Waals surface area contributed by atoms with Gasteiger partial charge in [0, 0.05) is 19.7 Å². The van der Waals surface area contributed by atoms with Crippen molar-refractivity contribution >= 4 is 10.0 Å². The molecule has 1 aliphatic rings. The highest BCUT2D eigenvalue weighted by Gasteiger charge is 2.18. The standard InChI is InChI=1S/C9H20N2O3S/c1-14-6-7-15(12,13)11-9-4-2-3-5-10-8-9/h9-11H,2-8H2,1H3. The van der Waals surface area contributed by atoms with Gasteiger partial charge in [0.25, 0.3) is 0 Å². The quantitative estimate of drug-likeness (QED) is 0.687. The lowest BCUT2D eigenvalue weighted by Gasteiger charge is -2.16. The zero-order chi connectivity index (χ0) is 11.1. The molecule has 1 rings (SSSR count). The van der Waals surface area contributed by atoms with E-state index in [1.54, 1.807) is 0 Å². The first-order chi connectivity index (χ1) is 7.14. The van der Waals surface area contributed by atoms with Crippen LogP contribution in [0.15, 0.2) is 0 Å². The largest absolute Gasteiger partial charge is 0.384 e. The van der Waals surface area contributed by atoms with Crippen molar-refractivity contribution in [3.63, 3.8) is 0 Å². The summed E-state index contributed by atoms with van der Waals surface area (Å²) in [6, 6.07) is 0.0364. The third-order valence-corrected chi connectivity index (χ3v) is 3.85. The molecule has 0 saturated carbocycles. The molecule has 1 heterocycles. The van der Waals surface area contributed by atoms with Crippen LogP contribution in [0.3, 0.4) is 0 Å². The lowest BCUT2D eigenvalue weighted by molar-refractivity contribution is 0.216. The molecule has 1 atom stereocenters. The van der Waals surface area contributed by atoms with Crippen molar-refractivity contribution in [2.24, 2.45) is 0 Å². The Hall–Kier alpha value is -0.170. The number of methoxy groups -OCH3 is 1. The van der Waals surface area contributed by atoms with Crippen LogP contribution in [0.5, 0.6) is 0 Å². The second-order valence-electron chi connectivity index (χ2n) is 3.83. The maximum Gasteiger partial charge on any atom is 0.214 e. The molecule has 1 saturated heterocycles. The van der Waals surface area contributed by atoms with Crippen LogP contribution < -0.4 is 10.0 Å². The van der Waals surface area contributed by atoms with E-state index in [0.29, 0.717) is 0 Å². The number of hydrogen-bond acceptors (Lipinski definition) is 4. The molecule has 0 aromatic carbocycles. The summed E-state index contributed by atoms with van der Waals surface area (Å²) in [5.74, 6) is 0.0417. The van der Waals surface area contributed by atoms with E-state index in [0.717, 1.165) is 32.4 Å². The number of hydrogen-bond donors (Lipinski definition) is 2. The van der Waals surface area contributed by atoms with Crippen molar-refractivity contribution in [3.8, 4) is 0 Å². The molecule has 5 nitrogen and oxygen atoms in total. The van der Waals surface area contributed by atoms with Crippen molar-refractivity contribution in [2.75, 3.05) is 32.6 Å². The van der Waals surface area contributed by atoms with Gasteiger partial charge < -0.3 is 10.1 Å². The molecule has 6 heteroatoms. The van der Waals surface area contributed by atoms with Crippen LogP contribution in [-0.4, -0.2) is 47.0 Å². The molecule has 0 amide bonds. The Labute approximate surface area is 91.6 Å². The molecular weight excluding hydrogens is 216 g/mol. The lowest BCUT2D eigenvalue weighted by atomic mass is 10.2. The Morgan fingerprint density at radius 2 is 2.27 bits per heavy atom. The monoisotopic (exact) mass is 236 g/mol. The third kappa shape index (κ3) is 5.46. The average molecular weight is 236 g/mol. The maximum atomic E-state index is 11.6. The summed E-state index contributed by atoms with van der Waals surface area (Å²) in [7, 11) is -1.67. The minimum atomic E-state index is -3.17. The Balaban J connectivity index is 2.37. The van der Waals surface area contributed by atoms with E-state index in [4.69, 9.17) is 4.74 Å². The van der Waals surface area contributed by atoms with Crippen molar-refractivity contribution in [2.45, 2.75) is 25.3 Å². The van der Waals surface area contributed by atoms with Crippen LogP contribution >= 0.6 is 0 Å². The van der Waals surface area contributed by atoms with Crippen molar-refractivity contribution < 1.29 is 13.2 Å². The molecule has 0 bridgehead atoms. The van der Waals surface area contributed by atoms with E-state index in [9.17, 15) is 8.42 Å². The number of rotatable bonds is 5. The van der Waals surface area contributed by atoms with Gasteiger partial charge in [0.1, 0.15) is 0 Å². The summed E-state index contributed by atoms with van der Waals surface area (Å²) in [6.45, 7) is 1.96. The molecule has 0 radical (unpaired) electrons. The Bertz CT molecular complexity index is 259. The fourth-order valence-electron chi connectivity index (χ4n) is 1.63. The second-order valence-corrected chi connectivity index (χ2v) is 5.70. The molecule has 1 unspecified atom stereocenters. The van der Waals surface area contributed by atoms with Crippen molar-refractivity contribution in [3.05, 3.63) is 0 Å². The second kappa shape index (κ2) is 6.42. The van der Waals surface area contributed by atoms with E-state index in [1.807, 2.05) is 0 Å². The van der Waals surface area contributed by atoms with E-state index in [2.05, 4.69) is 10.0 Å². The number of ether oxygens (including phenoxy) is 1. The van der Waals surface area contributed by atoms with Gasteiger partial charge in [0.05, 0.1) is 12.4 Å². The summed E-state index contributed by atoms with van der Waals surface area (Å²) in [4.78, 5) is 0. The third-order valence-electron chi connectivity index (χ3n) is 2.45. The van der Waals surface area contributed by atoms with Gasteiger partial charge in [0.2, 0.25) is 10.0 Å². The summed E-state index contributed by atoms with van der Waals surface area (Å²) >= 11 is 0. The predicted molar refractivity (Wildman–Crippen MR) is 59.3 cm³/mol. The molecule has 1 aliphatic heterocycles. The highest BCUT2D eigenvalue weighted by atomic mass is 32.2. The van der Waals surface area contributed by atoms with Crippen LogP contribution in [0, 0.1) is 0 Å². The summed E-state index contributed by atoms with van der Waals surface area (Å²) in [5.41, 5.74) is 0. The van der Waals surface area contributed by atoms with Crippen LogP contribution in [0.4, 0.5) is 0 Å². The predicted octanol–water partition coefficient (Wildman–Crippen LogP) is -0.306. The normalized spacial score (nSPS) is 23.7. The first-order valence-electron chi connectivity index (χ1n) is 5.34. The number of sulfonamides is 1. The summed E-state index contributed by atoms with van der Waals surface area (Å²) in [5, 5.41) is 3.22. The minimum absolute atomic E-state index is 0.0364. The SMILES string of the molecule is COCCS(=O)(=O)NC1CCCCNC1. The van der Waals surface area contributed by atoms with Crippen LogP contribution in [-0.2, 0) is 14.8 Å². The Morgan fingerprint density at radius 3 is 3.00 bits per heavy atom. The molecule has 0 aromatic heterocycles.